The van der Waals surface area contributed by atoms with E-state index in [1.807, 2.05) is 0 Å². The van der Waals surface area contributed by atoms with Crippen molar-refractivity contribution in [1.29, 1.82) is 0 Å². The predicted octanol–water partition coefficient (Wildman–Crippen LogP) is 1.82. The summed E-state index contributed by atoms with van der Waals surface area (Å²) in [5, 5.41) is 0. The van der Waals surface area contributed by atoms with Crippen LogP contribution in [0.15, 0.2) is 22.8 Å². The lowest BCUT2D eigenvalue weighted by Crippen LogP contribution is -1.97. The molecule has 2 aromatic rings. The lowest BCUT2D eigenvalue weighted by molar-refractivity contribution is 0.570. The molecule has 2 rings (SSSR count). The van der Waals surface area contributed by atoms with Crippen LogP contribution < -0.4 is 5.73 Å². The summed E-state index contributed by atoms with van der Waals surface area (Å²) < 4.78 is 14.9. The third kappa shape index (κ3) is 0.896. The van der Waals surface area contributed by atoms with Crippen LogP contribution in [0.3, 0.4) is 0 Å². The Morgan fingerprint density at radius 3 is 2.92 bits per heavy atom. The van der Waals surface area contributed by atoms with E-state index >= 15 is 0 Å². The highest BCUT2D eigenvalue weighted by Gasteiger charge is 2.08. The molecule has 0 aliphatic carbocycles. The van der Waals surface area contributed by atoms with Gasteiger partial charge in [0.25, 0.3) is 0 Å². The Morgan fingerprint density at radius 2 is 2.25 bits per heavy atom. The van der Waals surface area contributed by atoms with Crippen molar-refractivity contribution in [2.24, 2.45) is 0 Å². The van der Waals surface area contributed by atoms with Crippen molar-refractivity contribution in [3.63, 3.8) is 0 Å². The van der Waals surface area contributed by atoms with Crippen LogP contribution in [0.4, 0.5) is 10.3 Å². The number of imidazole rings is 1. The molecule has 0 saturated carbocycles. The molecule has 62 valence electrons. The molecule has 0 radical (unpaired) electrons. The summed E-state index contributed by atoms with van der Waals surface area (Å²) in [6.07, 6.45) is 0. The number of nitrogen functional groups attached to an aromatic ring is 1. The van der Waals surface area contributed by atoms with E-state index in [4.69, 9.17) is 5.73 Å². The summed E-state index contributed by atoms with van der Waals surface area (Å²) in [5.41, 5.74) is 6.09. The first-order valence-corrected chi connectivity index (χ1v) is 4.07. The number of aromatic nitrogens is 2. The normalized spacial score (nSPS) is 10.8. The van der Waals surface area contributed by atoms with Crippen molar-refractivity contribution in [3.05, 3.63) is 28.7 Å². The van der Waals surface area contributed by atoms with E-state index in [-0.39, 0.29) is 5.95 Å². The number of hydrogen-bond acceptors (Lipinski definition) is 2. The lowest BCUT2D eigenvalue weighted by Gasteiger charge is -1.96. The van der Waals surface area contributed by atoms with Gasteiger partial charge in [0.2, 0.25) is 11.9 Å². The van der Waals surface area contributed by atoms with Crippen molar-refractivity contribution in [2.45, 2.75) is 0 Å². The fraction of sp³-hybridized carbons (Fsp3) is 0. The molecule has 0 saturated heterocycles. The van der Waals surface area contributed by atoms with Gasteiger partial charge in [0.15, 0.2) is 0 Å². The fourth-order valence-electron chi connectivity index (χ4n) is 1.08. The molecule has 2 aromatic heterocycles. The summed E-state index contributed by atoms with van der Waals surface area (Å²) in [7, 11) is 0. The number of nitrogens with zero attached hydrogens (tertiary/aromatic N) is 2. The van der Waals surface area contributed by atoms with Crippen LogP contribution in [0.1, 0.15) is 0 Å². The van der Waals surface area contributed by atoms with Crippen molar-refractivity contribution >= 4 is 27.4 Å². The molecule has 0 atom stereocenters. The number of rotatable bonds is 0. The summed E-state index contributed by atoms with van der Waals surface area (Å²) in [6, 6.07) is 4.67. The Bertz CT molecular complexity index is 437. The SMILES string of the molecule is Nc1nc(Br)c2cccc(F)n12. The molecular weight excluding hydrogens is 225 g/mol. The van der Waals surface area contributed by atoms with Gasteiger partial charge in [-0.05, 0) is 28.1 Å². The first-order chi connectivity index (χ1) is 5.70. The zero-order valence-corrected chi connectivity index (χ0v) is 7.55. The third-order valence-corrected chi connectivity index (χ3v) is 2.18. The van der Waals surface area contributed by atoms with E-state index in [9.17, 15) is 4.39 Å². The van der Waals surface area contributed by atoms with Crippen LogP contribution >= 0.6 is 15.9 Å². The summed E-state index contributed by atoms with van der Waals surface area (Å²) in [5.74, 6) is -0.266. The minimum Gasteiger partial charge on any atom is -0.369 e. The Morgan fingerprint density at radius 1 is 1.50 bits per heavy atom. The van der Waals surface area contributed by atoms with Crippen molar-refractivity contribution in [1.82, 2.24) is 9.38 Å². The summed E-state index contributed by atoms with van der Waals surface area (Å²) >= 11 is 3.17. The minimum absolute atomic E-state index is 0.148. The number of pyridine rings is 1. The molecule has 0 aliphatic rings. The maximum Gasteiger partial charge on any atom is 0.208 e. The number of nitrogens with two attached hydrogens (primary N) is 1. The van der Waals surface area contributed by atoms with E-state index in [1.54, 1.807) is 12.1 Å². The third-order valence-electron chi connectivity index (χ3n) is 1.60. The van der Waals surface area contributed by atoms with Crippen LogP contribution in [0.5, 0.6) is 0 Å². The molecule has 0 aromatic carbocycles. The van der Waals surface area contributed by atoms with Crippen molar-refractivity contribution in [2.75, 3.05) is 5.73 Å². The number of fused-ring (bicyclic) bond motifs is 1. The Balaban J connectivity index is 2.99. The molecule has 12 heavy (non-hydrogen) atoms. The zero-order chi connectivity index (χ0) is 8.72. The van der Waals surface area contributed by atoms with Gasteiger partial charge in [0.05, 0.1) is 5.52 Å². The van der Waals surface area contributed by atoms with Gasteiger partial charge >= 0.3 is 0 Å². The maximum atomic E-state index is 13.1. The van der Waals surface area contributed by atoms with Gasteiger partial charge < -0.3 is 5.73 Å². The molecule has 3 nitrogen and oxygen atoms in total. The molecule has 0 fully saturated rings. The van der Waals surface area contributed by atoms with Gasteiger partial charge in [-0.2, -0.15) is 4.39 Å². The van der Waals surface area contributed by atoms with E-state index in [2.05, 4.69) is 20.9 Å². The standard InChI is InChI=1S/C7H5BrFN3/c8-6-4-2-1-3-5(9)12(4)7(10)11-6/h1-3H,(H2,10,11). The second-order valence-electron chi connectivity index (χ2n) is 2.33. The first kappa shape index (κ1) is 7.54. The quantitative estimate of drug-likeness (QED) is 0.701. The average molecular weight is 230 g/mol. The van der Waals surface area contributed by atoms with Crippen LogP contribution in [-0.4, -0.2) is 9.38 Å². The van der Waals surface area contributed by atoms with Gasteiger partial charge in [-0.25, -0.2) is 4.98 Å². The summed E-state index contributed by atoms with van der Waals surface area (Å²) in [4.78, 5) is 3.87. The van der Waals surface area contributed by atoms with Gasteiger partial charge in [-0.3, -0.25) is 4.40 Å². The van der Waals surface area contributed by atoms with Crippen LogP contribution in [0, 0.1) is 5.95 Å². The van der Waals surface area contributed by atoms with Crippen LogP contribution in [0.25, 0.3) is 5.52 Å². The van der Waals surface area contributed by atoms with E-state index in [0.717, 1.165) is 0 Å². The Kier molecular flexibility index (Phi) is 1.54. The van der Waals surface area contributed by atoms with Crippen molar-refractivity contribution < 1.29 is 4.39 Å². The van der Waals surface area contributed by atoms with Crippen LogP contribution in [0.2, 0.25) is 0 Å². The highest BCUT2D eigenvalue weighted by Crippen LogP contribution is 2.20. The molecule has 0 unspecified atom stereocenters. The van der Waals surface area contributed by atoms with Gasteiger partial charge in [0, 0.05) is 0 Å². The minimum atomic E-state index is -0.414. The second kappa shape index (κ2) is 2.45. The molecule has 0 spiro atoms. The Labute approximate surface area is 76.1 Å². The zero-order valence-electron chi connectivity index (χ0n) is 5.96. The fourth-order valence-corrected chi connectivity index (χ4v) is 1.58. The maximum absolute atomic E-state index is 13.1. The first-order valence-electron chi connectivity index (χ1n) is 3.28. The summed E-state index contributed by atoms with van der Waals surface area (Å²) in [6.45, 7) is 0. The highest BCUT2D eigenvalue weighted by atomic mass is 79.9. The van der Waals surface area contributed by atoms with E-state index < -0.39 is 5.95 Å². The monoisotopic (exact) mass is 229 g/mol. The molecule has 5 heteroatoms. The molecule has 0 bridgehead atoms. The van der Waals surface area contributed by atoms with E-state index in [0.29, 0.717) is 10.1 Å². The topological polar surface area (TPSA) is 43.3 Å². The van der Waals surface area contributed by atoms with E-state index in [1.165, 1.54) is 10.5 Å². The number of hydrogen-bond donors (Lipinski definition) is 1. The Hall–Kier alpha value is -1.10. The molecule has 2 heterocycles. The lowest BCUT2D eigenvalue weighted by atomic mass is 10.4. The number of anilines is 1. The van der Waals surface area contributed by atoms with Gasteiger partial charge in [0.1, 0.15) is 4.60 Å². The largest absolute Gasteiger partial charge is 0.369 e. The molecular formula is C7H5BrFN3. The van der Waals surface area contributed by atoms with Gasteiger partial charge in [-0.1, -0.05) is 6.07 Å². The molecule has 0 amide bonds. The molecule has 0 aliphatic heterocycles. The average Bonchev–Trinajstić information content (AvgIpc) is 2.29. The second-order valence-corrected chi connectivity index (χ2v) is 3.08. The molecule has 2 N–H and O–H groups in total. The smallest absolute Gasteiger partial charge is 0.208 e. The van der Waals surface area contributed by atoms with Gasteiger partial charge in [-0.15, -0.1) is 0 Å². The highest BCUT2D eigenvalue weighted by molar-refractivity contribution is 9.10. The van der Waals surface area contributed by atoms with Crippen LogP contribution in [-0.2, 0) is 0 Å². The number of halogens is 2. The predicted molar refractivity (Wildman–Crippen MR) is 47.3 cm³/mol. The van der Waals surface area contributed by atoms with Crippen molar-refractivity contribution in [3.8, 4) is 0 Å².